The molecule has 0 aliphatic rings. The molecular weight excluding hydrogens is 865 g/mol. The number of ether oxygens (including phenoxy) is 2. The van der Waals surface area contributed by atoms with Crippen LogP contribution in [0.3, 0.4) is 0 Å². The Kier molecular flexibility index (Phi) is 14.7. The number of halogens is 4. The molecule has 0 fully saturated rings. The Morgan fingerprint density at radius 3 is 1.68 bits per heavy atom. The van der Waals surface area contributed by atoms with Crippen LogP contribution in [-0.2, 0) is 9.59 Å². The van der Waals surface area contributed by atoms with Gasteiger partial charge in [-0.2, -0.15) is 18.4 Å². The van der Waals surface area contributed by atoms with Gasteiger partial charge in [0.15, 0.2) is 23.0 Å². The number of carbonyl (C=O) groups excluding carboxylic acids is 5. The summed E-state index contributed by atoms with van der Waals surface area (Å²) in [6, 6.07) is 18.9. The molecule has 8 N–H and O–H groups in total. The highest BCUT2D eigenvalue weighted by molar-refractivity contribution is 6.11. The third-order valence-corrected chi connectivity index (χ3v) is 9.11. The van der Waals surface area contributed by atoms with E-state index in [4.69, 9.17) is 9.47 Å². The Bertz CT molecular complexity index is 2740. The van der Waals surface area contributed by atoms with Crippen molar-refractivity contribution in [3.8, 4) is 29.1 Å². The number of hydrogen-bond acceptors (Lipinski definition) is 11. The van der Waals surface area contributed by atoms with Crippen molar-refractivity contribution < 1.29 is 71.1 Å². The number of benzene rings is 5. The topological polar surface area (TPSA) is 266 Å². The lowest BCUT2D eigenvalue weighted by Crippen LogP contribution is -2.43. The number of anilines is 4. The lowest BCUT2D eigenvalue weighted by atomic mass is 10.1. The molecule has 5 aromatic carbocycles. The van der Waals surface area contributed by atoms with Crippen LogP contribution >= 0.6 is 0 Å². The molecule has 0 bridgehead atoms. The predicted octanol–water partition coefficient (Wildman–Crippen LogP) is 6.69. The number of carboxylic acids is 1. The van der Waals surface area contributed by atoms with Crippen molar-refractivity contribution in [2.45, 2.75) is 18.6 Å². The van der Waals surface area contributed by atoms with Gasteiger partial charge in [-0.05, 0) is 96.6 Å². The molecule has 1 atom stereocenters. The van der Waals surface area contributed by atoms with E-state index in [2.05, 4.69) is 26.6 Å². The van der Waals surface area contributed by atoms with E-state index in [1.165, 1.54) is 36.4 Å². The number of carboxylic acid groups (broad SMARTS) is 1. The molecule has 21 heteroatoms. The molecule has 65 heavy (non-hydrogen) atoms. The third kappa shape index (κ3) is 11.5. The fraction of sp³-hybridized carbons (Fsp3) is 0.114. The number of phenolic OH excluding ortho intramolecular Hbond substituents is 1. The SMILES string of the molecule is COc1c(NC(=O)c2ccc(NC(=O)c3ccc(NC(=O)C(CC#N)NC(=O)c4ccc(NC(=O)C(=Cc5ccc(F)cc5)C(F)(F)F)cc4)cc3)c(OC)c2O)ccc(C(=O)O)c1O. The van der Waals surface area contributed by atoms with Gasteiger partial charge in [-0.3, -0.25) is 24.0 Å². The van der Waals surface area contributed by atoms with Crippen LogP contribution in [0.2, 0.25) is 0 Å². The molecular formula is C44H34F4N6O11. The van der Waals surface area contributed by atoms with E-state index in [0.717, 1.165) is 74.9 Å². The quantitative estimate of drug-likeness (QED) is 0.0404. The Hall–Kier alpha value is -8.93. The number of phenols is 2. The van der Waals surface area contributed by atoms with E-state index in [-0.39, 0.29) is 56.5 Å². The summed E-state index contributed by atoms with van der Waals surface area (Å²) in [5, 5.41) is 51.7. The van der Waals surface area contributed by atoms with Gasteiger partial charge in [0, 0.05) is 22.5 Å². The van der Waals surface area contributed by atoms with Crippen LogP contribution in [-0.4, -0.2) is 77.3 Å². The molecule has 1 unspecified atom stereocenters. The first kappa shape index (κ1) is 47.1. The number of methoxy groups -OCH3 is 2. The highest BCUT2D eigenvalue weighted by Gasteiger charge is 2.38. The lowest BCUT2D eigenvalue weighted by Gasteiger charge is -2.17. The normalized spacial score (nSPS) is 11.6. The van der Waals surface area contributed by atoms with Crippen LogP contribution in [0.15, 0.2) is 103 Å². The van der Waals surface area contributed by atoms with Crippen LogP contribution < -0.4 is 36.1 Å². The molecule has 17 nitrogen and oxygen atoms in total. The van der Waals surface area contributed by atoms with Gasteiger partial charge in [0.1, 0.15) is 23.0 Å². The summed E-state index contributed by atoms with van der Waals surface area (Å²) in [4.78, 5) is 76.4. The van der Waals surface area contributed by atoms with Gasteiger partial charge in [-0.15, -0.1) is 0 Å². The van der Waals surface area contributed by atoms with E-state index in [1.54, 1.807) is 6.07 Å². The maximum absolute atomic E-state index is 13.7. The summed E-state index contributed by atoms with van der Waals surface area (Å²) in [6.45, 7) is 0. The number of nitrogens with zero attached hydrogens (tertiary/aromatic N) is 1. The first-order valence-electron chi connectivity index (χ1n) is 18.6. The second-order valence-electron chi connectivity index (χ2n) is 13.4. The van der Waals surface area contributed by atoms with Crippen molar-refractivity contribution >= 4 is 64.3 Å². The van der Waals surface area contributed by atoms with Gasteiger partial charge >= 0.3 is 12.1 Å². The standard InChI is InChI=1S/C44H34F4N6O11/c1-64-36-31(17-15-28(34(36)55)40(59)53-32-18-16-29(43(62)63)35(56)37(32)65-2)52-38(57)23-7-13-27(14-8-23)51-42(61)33(19-20-49)54-39(58)24-5-11-26(12-6-24)50-41(60)30(44(46,47)48)21-22-3-9-25(45)10-4-22/h3-18,21,33,55-56H,19H2,1-2H3,(H,50,60)(H,51,61)(H,52,57)(H,53,59)(H,54,58)(H,62,63). The molecule has 0 spiro atoms. The summed E-state index contributed by atoms with van der Waals surface area (Å²) >= 11 is 0. The molecule has 334 valence electrons. The number of aromatic carboxylic acids is 1. The zero-order chi connectivity index (χ0) is 47.6. The van der Waals surface area contributed by atoms with Gasteiger partial charge in [-0.1, -0.05) is 12.1 Å². The minimum absolute atomic E-state index is 0.0446. The monoisotopic (exact) mass is 898 g/mol. The fourth-order valence-corrected chi connectivity index (χ4v) is 5.87. The molecule has 0 heterocycles. The van der Waals surface area contributed by atoms with Crippen molar-refractivity contribution in [1.29, 1.82) is 5.26 Å². The Labute approximate surface area is 364 Å². The maximum Gasteiger partial charge on any atom is 0.421 e. The molecule has 5 rings (SSSR count). The molecule has 0 aliphatic carbocycles. The summed E-state index contributed by atoms with van der Waals surface area (Å²) in [6.07, 6.45) is -5.01. The van der Waals surface area contributed by atoms with E-state index in [9.17, 15) is 66.9 Å². The predicted molar refractivity (Wildman–Crippen MR) is 224 cm³/mol. The Morgan fingerprint density at radius 2 is 1.17 bits per heavy atom. The minimum atomic E-state index is -5.07. The highest BCUT2D eigenvalue weighted by Crippen LogP contribution is 2.40. The smallest absolute Gasteiger partial charge is 0.421 e. The van der Waals surface area contributed by atoms with Gasteiger partial charge in [0.25, 0.3) is 23.6 Å². The number of hydrogen-bond donors (Lipinski definition) is 8. The fourth-order valence-electron chi connectivity index (χ4n) is 5.87. The number of alkyl halides is 3. The van der Waals surface area contributed by atoms with Crippen molar-refractivity contribution in [2.24, 2.45) is 0 Å². The molecule has 0 aliphatic heterocycles. The van der Waals surface area contributed by atoms with Crippen molar-refractivity contribution in [3.05, 3.63) is 136 Å². The van der Waals surface area contributed by atoms with Gasteiger partial charge in [0.05, 0.1) is 43.6 Å². The zero-order valence-corrected chi connectivity index (χ0v) is 33.7. The summed E-state index contributed by atoms with van der Waals surface area (Å²) in [5.74, 6) is -9.08. The minimum Gasteiger partial charge on any atom is -0.504 e. The average molecular weight is 899 g/mol. The molecule has 0 saturated heterocycles. The van der Waals surface area contributed by atoms with Gasteiger partial charge in [-0.25, -0.2) is 9.18 Å². The maximum atomic E-state index is 13.7. The van der Waals surface area contributed by atoms with E-state index >= 15 is 0 Å². The van der Waals surface area contributed by atoms with E-state index in [1.807, 2.05) is 0 Å². The van der Waals surface area contributed by atoms with Crippen LogP contribution in [0.1, 0.15) is 53.4 Å². The Morgan fingerprint density at radius 1 is 0.677 bits per heavy atom. The summed E-state index contributed by atoms with van der Waals surface area (Å²) < 4.78 is 64.6. The number of carbonyl (C=O) groups is 6. The van der Waals surface area contributed by atoms with Crippen molar-refractivity contribution in [3.63, 3.8) is 0 Å². The molecule has 0 aromatic heterocycles. The van der Waals surface area contributed by atoms with Crippen LogP contribution in [0.5, 0.6) is 23.0 Å². The number of amides is 5. The van der Waals surface area contributed by atoms with Crippen LogP contribution in [0.25, 0.3) is 6.08 Å². The summed E-state index contributed by atoms with van der Waals surface area (Å²) in [7, 11) is 2.30. The van der Waals surface area contributed by atoms with E-state index < -0.39 is 82.6 Å². The molecule has 0 saturated carbocycles. The van der Waals surface area contributed by atoms with Gasteiger partial charge < -0.3 is 51.4 Å². The first-order chi connectivity index (χ1) is 30.8. The number of rotatable bonds is 15. The van der Waals surface area contributed by atoms with Gasteiger partial charge in [0.2, 0.25) is 5.91 Å². The lowest BCUT2D eigenvalue weighted by molar-refractivity contribution is -0.126. The number of nitriles is 1. The number of aromatic hydroxyl groups is 2. The highest BCUT2D eigenvalue weighted by atomic mass is 19.4. The van der Waals surface area contributed by atoms with Crippen LogP contribution in [0.4, 0.5) is 40.3 Å². The second kappa shape index (κ2) is 20.3. The summed E-state index contributed by atoms with van der Waals surface area (Å²) in [5.41, 5.74) is -2.67. The van der Waals surface area contributed by atoms with Crippen LogP contribution in [0, 0.1) is 17.1 Å². The Balaban J connectivity index is 1.20. The third-order valence-electron chi connectivity index (χ3n) is 9.11. The van der Waals surface area contributed by atoms with Crippen molar-refractivity contribution in [1.82, 2.24) is 5.32 Å². The average Bonchev–Trinajstić information content (AvgIpc) is 3.26. The molecule has 5 aromatic rings. The van der Waals surface area contributed by atoms with E-state index in [0.29, 0.717) is 6.08 Å². The zero-order valence-electron chi connectivity index (χ0n) is 33.7. The number of nitrogens with one attached hydrogen (secondary N) is 5. The van der Waals surface area contributed by atoms with Crippen molar-refractivity contribution in [2.75, 3.05) is 35.5 Å². The first-order valence-corrected chi connectivity index (χ1v) is 18.6. The largest absolute Gasteiger partial charge is 0.504 e. The second-order valence-corrected chi connectivity index (χ2v) is 13.4. The molecule has 0 radical (unpaired) electrons. The molecule has 5 amide bonds.